The first-order valence-corrected chi connectivity index (χ1v) is 19.6. The topological polar surface area (TPSA) is 58.3 Å². The van der Waals surface area contributed by atoms with Crippen molar-refractivity contribution in [3.8, 4) is 10.6 Å². The van der Waals surface area contributed by atoms with Gasteiger partial charge in [0.2, 0.25) is 0 Å². The molecule has 11 rings (SSSR count). The monoisotopic (exact) mass is 743 g/mol. The zero-order valence-electron chi connectivity index (χ0n) is 29.2. The molecule has 11 aromatic rings. The molecule has 4 heterocycles. The predicted octanol–water partition coefficient (Wildman–Crippen LogP) is 14.0. The zero-order chi connectivity index (χ0) is 36.3. The number of benzene rings is 7. The standard InChI is InChI=1S/C47H29N5OS2/c1-2-7-33(8-3-1)51(36-19-21-43-42(26-36)49-29-53-43)35-17-14-31-24-40-39-20-18-37(27-46(39)54-45(40)25-32(31)23-35)52(38-9-6-22-48-28-38)34-15-12-30(13-16-34)47-50-41-10-4-5-11-44(41)55-47/h1-29H. The van der Waals surface area contributed by atoms with Crippen LogP contribution in [-0.4, -0.2) is 15.0 Å². The van der Waals surface area contributed by atoms with E-state index in [1.807, 2.05) is 48.0 Å². The van der Waals surface area contributed by atoms with Crippen LogP contribution in [0.2, 0.25) is 0 Å². The van der Waals surface area contributed by atoms with Crippen molar-refractivity contribution in [2.75, 3.05) is 9.80 Å². The van der Waals surface area contributed by atoms with E-state index in [1.54, 1.807) is 11.3 Å². The van der Waals surface area contributed by atoms with E-state index in [2.05, 4.69) is 153 Å². The van der Waals surface area contributed by atoms with E-state index in [0.717, 1.165) is 61.3 Å². The summed E-state index contributed by atoms with van der Waals surface area (Å²) < 4.78 is 9.22. The molecule has 4 aromatic heterocycles. The Kier molecular flexibility index (Phi) is 7.43. The highest BCUT2D eigenvalue weighted by molar-refractivity contribution is 7.26. The Morgan fingerprint density at radius 3 is 2.07 bits per heavy atom. The molecule has 0 amide bonds. The molecule has 0 aliphatic heterocycles. The number of oxazole rings is 1. The summed E-state index contributed by atoms with van der Waals surface area (Å²) in [5.41, 5.74) is 10.0. The number of para-hydroxylation sites is 2. The highest BCUT2D eigenvalue weighted by Crippen LogP contribution is 2.43. The lowest BCUT2D eigenvalue weighted by Gasteiger charge is -2.25. The number of fused-ring (bicyclic) bond motifs is 6. The van der Waals surface area contributed by atoms with Crippen LogP contribution in [-0.2, 0) is 0 Å². The molecule has 0 unspecified atom stereocenters. The Bertz CT molecular complexity index is 3140. The zero-order valence-corrected chi connectivity index (χ0v) is 30.8. The van der Waals surface area contributed by atoms with Gasteiger partial charge in [-0.25, -0.2) is 9.97 Å². The molecule has 8 heteroatoms. The van der Waals surface area contributed by atoms with Crippen molar-refractivity contribution in [2.45, 2.75) is 0 Å². The number of pyridine rings is 1. The second-order valence-corrected chi connectivity index (χ2v) is 15.5. The second-order valence-electron chi connectivity index (χ2n) is 13.4. The maximum Gasteiger partial charge on any atom is 0.181 e. The van der Waals surface area contributed by atoms with Crippen LogP contribution < -0.4 is 9.80 Å². The molecule has 260 valence electrons. The van der Waals surface area contributed by atoms with Gasteiger partial charge in [-0.1, -0.05) is 42.5 Å². The summed E-state index contributed by atoms with van der Waals surface area (Å²) in [5.74, 6) is 0. The fourth-order valence-corrected chi connectivity index (χ4v) is 9.61. The van der Waals surface area contributed by atoms with E-state index in [1.165, 1.54) is 42.0 Å². The van der Waals surface area contributed by atoms with E-state index in [-0.39, 0.29) is 0 Å². The molecule has 0 spiro atoms. The first-order chi connectivity index (χ1) is 27.2. The van der Waals surface area contributed by atoms with Crippen molar-refractivity contribution in [1.82, 2.24) is 15.0 Å². The Balaban J connectivity index is 0.986. The fraction of sp³-hybridized carbons (Fsp3) is 0. The van der Waals surface area contributed by atoms with Crippen LogP contribution in [0.4, 0.5) is 34.1 Å². The summed E-state index contributed by atoms with van der Waals surface area (Å²) in [6, 6.07) is 55.9. The Hall–Kier alpha value is -6.87. The molecule has 0 saturated carbocycles. The summed E-state index contributed by atoms with van der Waals surface area (Å²) in [7, 11) is 0. The number of anilines is 6. The lowest BCUT2D eigenvalue weighted by atomic mass is 10.0. The van der Waals surface area contributed by atoms with Gasteiger partial charge >= 0.3 is 0 Å². The molecule has 0 aliphatic rings. The second kappa shape index (κ2) is 12.9. The van der Waals surface area contributed by atoms with Crippen molar-refractivity contribution >= 4 is 109 Å². The van der Waals surface area contributed by atoms with E-state index in [0.29, 0.717) is 0 Å². The molecule has 55 heavy (non-hydrogen) atoms. The van der Waals surface area contributed by atoms with Gasteiger partial charge in [0.1, 0.15) is 10.5 Å². The quantitative estimate of drug-likeness (QED) is 0.162. The number of hydrogen-bond donors (Lipinski definition) is 0. The van der Waals surface area contributed by atoms with Gasteiger partial charge in [-0.2, -0.15) is 0 Å². The molecule has 6 nitrogen and oxygen atoms in total. The molecule has 0 radical (unpaired) electrons. The van der Waals surface area contributed by atoms with Crippen LogP contribution in [0.5, 0.6) is 0 Å². The van der Waals surface area contributed by atoms with Crippen LogP contribution in [0.15, 0.2) is 181 Å². The molecule has 0 bridgehead atoms. The first-order valence-electron chi connectivity index (χ1n) is 18.0. The number of rotatable bonds is 7. The summed E-state index contributed by atoms with van der Waals surface area (Å²) in [6.45, 7) is 0. The fourth-order valence-electron chi connectivity index (χ4n) is 7.47. The van der Waals surface area contributed by atoms with Gasteiger partial charge < -0.3 is 14.2 Å². The maximum absolute atomic E-state index is 5.55. The van der Waals surface area contributed by atoms with E-state index >= 15 is 0 Å². The number of hydrogen-bond acceptors (Lipinski definition) is 8. The largest absolute Gasteiger partial charge is 0.443 e. The molecule has 0 aliphatic carbocycles. The van der Waals surface area contributed by atoms with Crippen LogP contribution in [0.3, 0.4) is 0 Å². The van der Waals surface area contributed by atoms with Gasteiger partial charge in [-0.15, -0.1) is 22.7 Å². The average molecular weight is 744 g/mol. The molecule has 7 aromatic carbocycles. The number of nitrogens with zero attached hydrogens (tertiary/aromatic N) is 5. The SMILES string of the molecule is c1ccc(N(c2ccc3cc4c(cc3c2)sc2cc(N(c3ccc(-c5nc6ccccc6s5)cc3)c3cccnc3)ccc24)c2ccc3ocnc3c2)cc1. The van der Waals surface area contributed by atoms with Crippen LogP contribution in [0.25, 0.3) is 62.8 Å². The van der Waals surface area contributed by atoms with Crippen LogP contribution in [0.1, 0.15) is 0 Å². The molecule has 0 fully saturated rings. The highest BCUT2D eigenvalue weighted by Gasteiger charge is 2.18. The number of thiophene rings is 1. The van der Waals surface area contributed by atoms with Crippen molar-refractivity contribution < 1.29 is 4.42 Å². The highest BCUT2D eigenvalue weighted by atomic mass is 32.1. The van der Waals surface area contributed by atoms with Gasteiger partial charge in [0.25, 0.3) is 0 Å². The smallest absolute Gasteiger partial charge is 0.181 e. The Morgan fingerprint density at radius 1 is 0.473 bits per heavy atom. The number of thiazole rings is 1. The number of aromatic nitrogens is 3. The van der Waals surface area contributed by atoms with E-state index < -0.39 is 0 Å². The lowest BCUT2D eigenvalue weighted by molar-refractivity contribution is 0.602. The van der Waals surface area contributed by atoms with Gasteiger partial charge in [0.05, 0.1) is 22.1 Å². The normalized spacial score (nSPS) is 11.6. The van der Waals surface area contributed by atoms with Gasteiger partial charge in [0, 0.05) is 60.4 Å². The van der Waals surface area contributed by atoms with Gasteiger partial charge in [0.15, 0.2) is 12.0 Å². The third-order valence-corrected chi connectivity index (χ3v) is 12.3. The lowest BCUT2D eigenvalue weighted by Crippen LogP contribution is -2.09. The molecular weight excluding hydrogens is 715 g/mol. The maximum atomic E-state index is 5.55. The molecule has 0 atom stereocenters. The predicted molar refractivity (Wildman–Crippen MR) is 230 cm³/mol. The summed E-state index contributed by atoms with van der Waals surface area (Å²) in [4.78, 5) is 18.3. The third-order valence-electron chi connectivity index (χ3n) is 10.1. The molecule has 0 N–H and O–H groups in total. The average Bonchev–Trinajstić information content (AvgIpc) is 3.98. The van der Waals surface area contributed by atoms with Gasteiger partial charge in [-0.3, -0.25) is 4.98 Å². The first kappa shape index (κ1) is 31.6. The van der Waals surface area contributed by atoms with E-state index in [4.69, 9.17) is 9.40 Å². The van der Waals surface area contributed by atoms with Crippen molar-refractivity contribution in [1.29, 1.82) is 0 Å². The minimum Gasteiger partial charge on any atom is -0.443 e. The van der Waals surface area contributed by atoms with Crippen molar-refractivity contribution in [3.05, 3.63) is 177 Å². The van der Waals surface area contributed by atoms with Gasteiger partial charge in [-0.05, 0) is 126 Å². The Labute approximate surface area is 323 Å². The van der Waals surface area contributed by atoms with Crippen LogP contribution in [0, 0.1) is 0 Å². The van der Waals surface area contributed by atoms with Crippen LogP contribution >= 0.6 is 22.7 Å². The summed E-state index contributed by atoms with van der Waals surface area (Å²) in [6.07, 6.45) is 5.23. The molecular formula is C47H29N5OS2. The van der Waals surface area contributed by atoms with E-state index in [9.17, 15) is 0 Å². The van der Waals surface area contributed by atoms with Crippen molar-refractivity contribution in [3.63, 3.8) is 0 Å². The van der Waals surface area contributed by atoms with Crippen molar-refractivity contribution in [2.24, 2.45) is 0 Å². The molecule has 0 saturated heterocycles. The minimum absolute atomic E-state index is 0.771. The Morgan fingerprint density at radius 2 is 1.20 bits per heavy atom. The minimum atomic E-state index is 0.771. The third kappa shape index (κ3) is 5.58. The summed E-state index contributed by atoms with van der Waals surface area (Å²) >= 11 is 3.55. The summed E-state index contributed by atoms with van der Waals surface area (Å²) in [5, 5.41) is 5.92.